The number of anilines is 1. The van der Waals surface area contributed by atoms with E-state index in [1.807, 2.05) is 6.07 Å². The molecule has 0 fully saturated rings. The summed E-state index contributed by atoms with van der Waals surface area (Å²) in [6, 6.07) is 3.63. The molecule has 1 aromatic heterocycles. The Hall–Kier alpha value is -1.23. The molecule has 0 radical (unpaired) electrons. The average Bonchev–Trinajstić information content (AvgIpc) is 2.35. The van der Waals surface area contributed by atoms with Crippen molar-refractivity contribution in [2.24, 2.45) is 0 Å². The van der Waals surface area contributed by atoms with Crippen molar-refractivity contribution in [3.63, 3.8) is 0 Å². The van der Waals surface area contributed by atoms with Gasteiger partial charge < -0.3 is 10.2 Å². The van der Waals surface area contributed by atoms with E-state index in [1.54, 1.807) is 43.0 Å². The van der Waals surface area contributed by atoms with E-state index < -0.39 is 0 Å². The normalized spacial score (nSPS) is 12.0. The molecule has 0 aliphatic carbocycles. The van der Waals surface area contributed by atoms with E-state index >= 15 is 0 Å². The number of hydrogen-bond donors (Lipinski definition) is 1. The summed E-state index contributed by atoms with van der Waals surface area (Å²) in [4.78, 5) is 17.4. The molecule has 1 atom stereocenters. The first-order valence-corrected chi connectivity index (χ1v) is 6.77. The second kappa shape index (κ2) is 6.49. The lowest BCUT2D eigenvalue weighted by molar-refractivity contribution is 0.0827. The number of carbonyl (C=O) groups is 1. The van der Waals surface area contributed by atoms with Gasteiger partial charge in [0.2, 0.25) is 0 Å². The zero-order valence-electron chi connectivity index (χ0n) is 10.7. The highest BCUT2D eigenvalue weighted by molar-refractivity contribution is 7.99. The number of carbonyl (C=O) groups excluding carboxylic acids is 1. The van der Waals surface area contributed by atoms with Crippen molar-refractivity contribution in [1.82, 2.24) is 9.88 Å². The molecule has 1 rings (SSSR count). The van der Waals surface area contributed by atoms with Crippen LogP contribution in [0.15, 0.2) is 18.3 Å². The number of nitrogens with one attached hydrogen (secondary N) is 1. The van der Waals surface area contributed by atoms with Gasteiger partial charge in [0.15, 0.2) is 0 Å². The van der Waals surface area contributed by atoms with Gasteiger partial charge in [-0.1, -0.05) is 6.92 Å². The Morgan fingerprint density at radius 3 is 2.71 bits per heavy atom. The fourth-order valence-electron chi connectivity index (χ4n) is 1.21. The van der Waals surface area contributed by atoms with Crippen LogP contribution < -0.4 is 5.32 Å². The van der Waals surface area contributed by atoms with Gasteiger partial charge in [-0.3, -0.25) is 4.79 Å². The van der Waals surface area contributed by atoms with Crippen molar-refractivity contribution in [2.45, 2.75) is 12.2 Å². The smallest absolute Gasteiger partial charge is 0.254 e. The lowest BCUT2D eigenvalue weighted by atomic mass is 10.2. The summed E-state index contributed by atoms with van der Waals surface area (Å²) in [6.07, 6.45) is 3.69. The molecule has 0 spiro atoms. The van der Waals surface area contributed by atoms with Gasteiger partial charge in [0.1, 0.15) is 5.82 Å². The van der Waals surface area contributed by atoms with Gasteiger partial charge in [-0.05, 0) is 18.4 Å². The summed E-state index contributed by atoms with van der Waals surface area (Å²) >= 11 is 1.80. The van der Waals surface area contributed by atoms with Crippen LogP contribution in [0.25, 0.3) is 0 Å². The molecular formula is C12H19N3OS. The maximum absolute atomic E-state index is 11.6. The van der Waals surface area contributed by atoms with E-state index in [9.17, 15) is 4.79 Å². The van der Waals surface area contributed by atoms with Crippen LogP contribution in [0.1, 0.15) is 17.3 Å². The van der Waals surface area contributed by atoms with Gasteiger partial charge >= 0.3 is 0 Å². The summed E-state index contributed by atoms with van der Waals surface area (Å²) < 4.78 is 0. The number of amides is 1. The number of pyridine rings is 1. The van der Waals surface area contributed by atoms with Gasteiger partial charge in [-0.2, -0.15) is 11.8 Å². The van der Waals surface area contributed by atoms with Crippen molar-refractivity contribution in [1.29, 1.82) is 0 Å². The first-order chi connectivity index (χ1) is 8.04. The largest absolute Gasteiger partial charge is 0.369 e. The third-order valence-electron chi connectivity index (χ3n) is 2.39. The summed E-state index contributed by atoms with van der Waals surface area (Å²) in [6.45, 7) is 3.02. The molecule has 5 heteroatoms. The fraction of sp³-hybridized carbons (Fsp3) is 0.500. The Balaban J connectivity index is 2.59. The van der Waals surface area contributed by atoms with E-state index in [0.717, 1.165) is 12.4 Å². The Labute approximate surface area is 107 Å². The fourth-order valence-corrected chi connectivity index (χ4v) is 1.46. The molecular weight excluding hydrogens is 234 g/mol. The molecule has 1 unspecified atom stereocenters. The molecule has 0 saturated heterocycles. The Kier molecular flexibility index (Phi) is 5.28. The second-order valence-corrected chi connectivity index (χ2v) is 5.34. The van der Waals surface area contributed by atoms with Crippen LogP contribution in [0.4, 0.5) is 5.82 Å². The molecule has 0 aromatic carbocycles. The lowest BCUT2D eigenvalue weighted by Gasteiger charge is -2.12. The average molecular weight is 253 g/mol. The van der Waals surface area contributed by atoms with Gasteiger partial charge in [-0.25, -0.2) is 4.98 Å². The van der Waals surface area contributed by atoms with E-state index in [0.29, 0.717) is 10.8 Å². The third kappa shape index (κ3) is 4.26. The zero-order valence-corrected chi connectivity index (χ0v) is 11.5. The molecule has 1 N–H and O–H groups in total. The Bertz CT molecular complexity index is 365. The van der Waals surface area contributed by atoms with Crippen LogP contribution in [0.3, 0.4) is 0 Å². The van der Waals surface area contributed by atoms with Gasteiger partial charge in [-0.15, -0.1) is 0 Å². The molecule has 0 saturated carbocycles. The van der Waals surface area contributed by atoms with Crippen LogP contribution in [-0.2, 0) is 0 Å². The first kappa shape index (κ1) is 13.8. The highest BCUT2D eigenvalue weighted by Gasteiger charge is 2.08. The number of nitrogens with zero attached hydrogens (tertiary/aromatic N) is 2. The maximum Gasteiger partial charge on any atom is 0.254 e. The van der Waals surface area contributed by atoms with E-state index in [1.165, 1.54) is 0 Å². The quantitative estimate of drug-likeness (QED) is 0.871. The number of thioether (sulfide) groups is 1. The summed E-state index contributed by atoms with van der Waals surface area (Å²) in [7, 11) is 3.46. The molecule has 0 aliphatic heterocycles. The topological polar surface area (TPSA) is 45.2 Å². The van der Waals surface area contributed by atoms with Gasteiger partial charge in [0.05, 0.1) is 5.56 Å². The molecule has 4 nitrogen and oxygen atoms in total. The minimum absolute atomic E-state index is 0.0264. The molecule has 1 aromatic rings. The molecule has 1 amide bonds. The maximum atomic E-state index is 11.6. The minimum Gasteiger partial charge on any atom is -0.369 e. The molecule has 0 bridgehead atoms. The number of rotatable bonds is 5. The van der Waals surface area contributed by atoms with Crippen molar-refractivity contribution < 1.29 is 4.79 Å². The third-order valence-corrected chi connectivity index (χ3v) is 3.36. The zero-order chi connectivity index (χ0) is 12.8. The van der Waals surface area contributed by atoms with E-state index in [2.05, 4.69) is 23.5 Å². The van der Waals surface area contributed by atoms with Crippen molar-refractivity contribution in [3.8, 4) is 0 Å². The Morgan fingerprint density at radius 1 is 1.53 bits per heavy atom. The minimum atomic E-state index is -0.0264. The standard InChI is InChI=1S/C12H19N3OS/c1-9(17-4)7-13-11-6-5-10(8-14-11)12(16)15(2)3/h5-6,8-9H,7H2,1-4H3,(H,13,14). The molecule has 0 aliphatic rings. The summed E-state index contributed by atoms with van der Waals surface area (Å²) in [5.74, 6) is 0.780. The van der Waals surface area contributed by atoms with E-state index in [-0.39, 0.29) is 5.91 Å². The molecule has 17 heavy (non-hydrogen) atoms. The number of hydrogen-bond acceptors (Lipinski definition) is 4. The lowest BCUT2D eigenvalue weighted by Crippen LogP contribution is -2.22. The van der Waals surface area contributed by atoms with Crippen LogP contribution in [0.2, 0.25) is 0 Å². The summed E-state index contributed by atoms with van der Waals surface area (Å²) in [5, 5.41) is 3.78. The van der Waals surface area contributed by atoms with E-state index in [4.69, 9.17) is 0 Å². The van der Waals surface area contributed by atoms with Gasteiger partial charge in [0, 0.05) is 32.1 Å². The SMILES string of the molecule is CSC(C)CNc1ccc(C(=O)N(C)C)cn1. The molecule has 94 valence electrons. The van der Waals surface area contributed by atoms with Crippen molar-refractivity contribution >= 4 is 23.5 Å². The monoisotopic (exact) mass is 253 g/mol. The van der Waals surface area contributed by atoms with Crippen LogP contribution in [-0.4, -0.2) is 47.9 Å². The van der Waals surface area contributed by atoms with Gasteiger partial charge in [0.25, 0.3) is 5.91 Å². The van der Waals surface area contributed by atoms with Crippen molar-refractivity contribution in [3.05, 3.63) is 23.9 Å². The molecule has 1 heterocycles. The Morgan fingerprint density at radius 2 is 2.24 bits per heavy atom. The first-order valence-electron chi connectivity index (χ1n) is 5.49. The highest BCUT2D eigenvalue weighted by Crippen LogP contribution is 2.09. The predicted molar refractivity (Wildman–Crippen MR) is 73.7 cm³/mol. The number of aromatic nitrogens is 1. The summed E-state index contributed by atoms with van der Waals surface area (Å²) in [5.41, 5.74) is 0.610. The second-order valence-electron chi connectivity index (χ2n) is 4.06. The van der Waals surface area contributed by atoms with Crippen molar-refractivity contribution in [2.75, 3.05) is 32.2 Å². The highest BCUT2D eigenvalue weighted by atomic mass is 32.2. The van der Waals surface area contributed by atoms with Crippen LogP contribution >= 0.6 is 11.8 Å². The van der Waals surface area contributed by atoms with Crippen LogP contribution in [0.5, 0.6) is 0 Å². The van der Waals surface area contributed by atoms with Crippen LogP contribution in [0, 0.1) is 0 Å². The predicted octanol–water partition coefficient (Wildman–Crippen LogP) is 1.95.